The van der Waals surface area contributed by atoms with Gasteiger partial charge in [-0.15, -0.1) is 0 Å². The van der Waals surface area contributed by atoms with Crippen molar-refractivity contribution in [2.45, 2.75) is 19.8 Å². The number of hydrogen-bond donors (Lipinski definition) is 1. The minimum atomic E-state index is -0.190. The second kappa shape index (κ2) is 6.48. The van der Waals surface area contributed by atoms with Crippen LogP contribution in [0.5, 0.6) is 0 Å². The molecular weight excluding hydrogens is 239 g/mol. The molecule has 0 amide bonds. The van der Waals surface area contributed by atoms with Gasteiger partial charge in [0, 0.05) is 6.61 Å². The third kappa shape index (κ3) is 3.90. The molecule has 0 aliphatic rings. The lowest BCUT2D eigenvalue weighted by Crippen LogP contribution is -2.13. The van der Waals surface area contributed by atoms with Crippen LogP contribution in [0.1, 0.15) is 16.7 Å². The SMILES string of the molecule is Cc1ccc(CC(CO)Cc2ccccc2F)cc1. The maximum absolute atomic E-state index is 13.6. The van der Waals surface area contributed by atoms with Crippen LogP contribution in [0.2, 0.25) is 0 Å². The normalized spacial score (nSPS) is 12.4. The summed E-state index contributed by atoms with van der Waals surface area (Å²) in [5.74, 6) is -0.135. The number of rotatable bonds is 5. The van der Waals surface area contributed by atoms with Crippen LogP contribution in [0.25, 0.3) is 0 Å². The number of hydrogen-bond acceptors (Lipinski definition) is 1. The first-order valence-corrected chi connectivity index (χ1v) is 6.59. The standard InChI is InChI=1S/C17H19FO/c1-13-6-8-14(9-7-13)10-15(12-19)11-16-4-2-3-5-17(16)18/h2-9,15,19H,10-12H2,1H3. The molecule has 0 fully saturated rings. The van der Waals surface area contributed by atoms with E-state index < -0.39 is 0 Å². The molecule has 100 valence electrons. The Morgan fingerprint density at radius 1 is 1.00 bits per heavy atom. The molecule has 1 unspecified atom stereocenters. The summed E-state index contributed by atoms with van der Waals surface area (Å²) in [7, 11) is 0. The van der Waals surface area contributed by atoms with E-state index in [1.54, 1.807) is 12.1 Å². The van der Waals surface area contributed by atoms with Crippen molar-refractivity contribution in [1.82, 2.24) is 0 Å². The average Bonchev–Trinajstić information content (AvgIpc) is 2.43. The quantitative estimate of drug-likeness (QED) is 0.870. The Kier molecular flexibility index (Phi) is 4.69. The van der Waals surface area contributed by atoms with E-state index in [0.717, 1.165) is 6.42 Å². The summed E-state index contributed by atoms with van der Waals surface area (Å²) >= 11 is 0. The molecule has 0 aromatic heterocycles. The Balaban J connectivity index is 2.05. The molecular formula is C17H19FO. The first-order chi connectivity index (χ1) is 9.19. The lowest BCUT2D eigenvalue weighted by Gasteiger charge is -2.15. The molecule has 0 aliphatic carbocycles. The maximum Gasteiger partial charge on any atom is 0.126 e. The van der Waals surface area contributed by atoms with Crippen LogP contribution in [0, 0.1) is 18.7 Å². The zero-order chi connectivity index (χ0) is 13.7. The van der Waals surface area contributed by atoms with Crippen molar-refractivity contribution >= 4 is 0 Å². The molecule has 0 heterocycles. The van der Waals surface area contributed by atoms with Crippen molar-refractivity contribution in [2.75, 3.05) is 6.61 Å². The second-order valence-electron chi connectivity index (χ2n) is 5.03. The Hall–Kier alpha value is -1.67. The van der Waals surface area contributed by atoms with Gasteiger partial charge in [-0.25, -0.2) is 4.39 Å². The fraction of sp³-hybridized carbons (Fsp3) is 0.294. The lowest BCUT2D eigenvalue weighted by atomic mass is 9.93. The van der Waals surface area contributed by atoms with Gasteiger partial charge >= 0.3 is 0 Å². The lowest BCUT2D eigenvalue weighted by molar-refractivity contribution is 0.224. The number of aliphatic hydroxyl groups excluding tert-OH is 1. The Morgan fingerprint density at radius 2 is 1.68 bits per heavy atom. The highest BCUT2D eigenvalue weighted by Crippen LogP contribution is 2.17. The minimum absolute atomic E-state index is 0.0552. The topological polar surface area (TPSA) is 20.2 Å². The first kappa shape index (κ1) is 13.8. The minimum Gasteiger partial charge on any atom is -0.396 e. The van der Waals surface area contributed by atoms with Gasteiger partial charge in [-0.3, -0.25) is 0 Å². The van der Waals surface area contributed by atoms with Crippen molar-refractivity contribution in [3.05, 3.63) is 71.0 Å². The second-order valence-corrected chi connectivity index (χ2v) is 5.03. The largest absolute Gasteiger partial charge is 0.396 e. The van der Waals surface area contributed by atoms with E-state index in [-0.39, 0.29) is 18.3 Å². The zero-order valence-corrected chi connectivity index (χ0v) is 11.1. The Morgan fingerprint density at radius 3 is 2.32 bits per heavy atom. The molecule has 1 atom stereocenters. The summed E-state index contributed by atoms with van der Waals surface area (Å²) in [4.78, 5) is 0. The Labute approximate surface area is 113 Å². The van der Waals surface area contributed by atoms with E-state index in [2.05, 4.69) is 24.3 Å². The maximum atomic E-state index is 13.6. The van der Waals surface area contributed by atoms with E-state index in [1.165, 1.54) is 17.2 Å². The molecule has 2 aromatic rings. The summed E-state index contributed by atoms with van der Waals surface area (Å²) in [6, 6.07) is 15.0. The summed E-state index contributed by atoms with van der Waals surface area (Å²) < 4.78 is 13.6. The van der Waals surface area contributed by atoms with Crippen LogP contribution in [-0.4, -0.2) is 11.7 Å². The van der Waals surface area contributed by atoms with Gasteiger partial charge in [0.2, 0.25) is 0 Å². The van der Waals surface area contributed by atoms with Crippen LogP contribution in [-0.2, 0) is 12.8 Å². The molecule has 0 saturated carbocycles. The van der Waals surface area contributed by atoms with Gasteiger partial charge in [0.05, 0.1) is 0 Å². The molecule has 0 bridgehead atoms. The van der Waals surface area contributed by atoms with Crippen molar-refractivity contribution < 1.29 is 9.50 Å². The third-order valence-corrected chi connectivity index (χ3v) is 3.37. The van der Waals surface area contributed by atoms with Crippen molar-refractivity contribution in [3.63, 3.8) is 0 Å². The average molecular weight is 258 g/mol. The van der Waals surface area contributed by atoms with Gasteiger partial charge in [-0.05, 0) is 42.9 Å². The molecule has 0 radical (unpaired) electrons. The van der Waals surface area contributed by atoms with Crippen LogP contribution in [0.3, 0.4) is 0 Å². The first-order valence-electron chi connectivity index (χ1n) is 6.59. The van der Waals surface area contributed by atoms with Crippen LogP contribution in [0.4, 0.5) is 4.39 Å². The molecule has 1 N–H and O–H groups in total. The van der Waals surface area contributed by atoms with E-state index in [9.17, 15) is 9.50 Å². The van der Waals surface area contributed by atoms with Crippen molar-refractivity contribution in [2.24, 2.45) is 5.92 Å². The van der Waals surface area contributed by atoms with Gasteiger partial charge in [0.15, 0.2) is 0 Å². The number of aliphatic hydroxyl groups is 1. The predicted octanol–water partition coefficient (Wildman–Crippen LogP) is 3.53. The number of halogens is 1. The fourth-order valence-corrected chi connectivity index (χ4v) is 2.23. The van der Waals surface area contributed by atoms with E-state index in [1.807, 2.05) is 13.0 Å². The predicted molar refractivity (Wildman–Crippen MR) is 75.6 cm³/mol. The van der Waals surface area contributed by atoms with E-state index >= 15 is 0 Å². The van der Waals surface area contributed by atoms with Crippen molar-refractivity contribution in [1.29, 1.82) is 0 Å². The highest BCUT2D eigenvalue weighted by atomic mass is 19.1. The smallest absolute Gasteiger partial charge is 0.126 e. The summed E-state index contributed by atoms with van der Waals surface area (Å²) in [5.41, 5.74) is 3.08. The van der Waals surface area contributed by atoms with Gasteiger partial charge < -0.3 is 5.11 Å². The van der Waals surface area contributed by atoms with Gasteiger partial charge in [0.25, 0.3) is 0 Å². The molecule has 1 nitrogen and oxygen atoms in total. The monoisotopic (exact) mass is 258 g/mol. The highest BCUT2D eigenvalue weighted by molar-refractivity contribution is 5.23. The van der Waals surface area contributed by atoms with Crippen LogP contribution < -0.4 is 0 Å². The van der Waals surface area contributed by atoms with Crippen LogP contribution in [0.15, 0.2) is 48.5 Å². The van der Waals surface area contributed by atoms with Crippen LogP contribution >= 0.6 is 0 Å². The molecule has 0 saturated heterocycles. The van der Waals surface area contributed by atoms with Crippen molar-refractivity contribution in [3.8, 4) is 0 Å². The molecule has 2 rings (SSSR count). The number of benzene rings is 2. The van der Waals surface area contributed by atoms with E-state index in [0.29, 0.717) is 12.0 Å². The molecule has 0 spiro atoms. The number of aryl methyl sites for hydroxylation is 1. The molecule has 19 heavy (non-hydrogen) atoms. The molecule has 0 aliphatic heterocycles. The van der Waals surface area contributed by atoms with Gasteiger partial charge in [0.1, 0.15) is 5.82 Å². The zero-order valence-electron chi connectivity index (χ0n) is 11.1. The highest BCUT2D eigenvalue weighted by Gasteiger charge is 2.12. The van der Waals surface area contributed by atoms with Gasteiger partial charge in [-0.1, -0.05) is 48.0 Å². The molecule has 2 heteroatoms. The summed E-state index contributed by atoms with van der Waals surface area (Å²) in [6.07, 6.45) is 1.34. The third-order valence-electron chi connectivity index (χ3n) is 3.37. The summed E-state index contributed by atoms with van der Waals surface area (Å²) in [6.45, 7) is 2.12. The van der Waals surface area contributed by atoms with Gasteiger partial charge in [-0.2, -0.15) is 0 Å². The Bertz CT molecular complexity index is 519. The van der Waals surface area contributed by atoms with E-state index in [4.69, 9.17) is 0 Å². The fourth-order valence-electron chi connectivity index (χ4n) is 2.23. The molecule has 2 aromatic carbocycles. The summed E-state index contributed by atoms with van der Waals surface area (Å²) in [5, 5.41) is 9.47.